The van der Waals surface area contributed by atoms with E-state index in [1.807, 2.05) is 0 Å². The number of esters is 7. The van der Waals surface area contributed by atoms with Gasteiger partial charge in [-0.05, 0) is 109 Å². The predicted octanol–water partition coefficient (Wildman–Crippen LogP) is 10.6. The molecule has 88 heavy (non-hydrogen) atoms. The molecule has 0 amide bonds. The molecule has 2 aliphatic rings. The van der Waals surface area contributed by atoms with E-state index in [2.05, 4.69) is 4.98 Å². The van der Waals surface area contributed by atoms with Crippen LogP contribution in [0.3, 0.4) is 0 Å². The number of aromatic nitrogens is 1. The highest BCUT2D eigenvalue weighted by Gasteiger charge is 2.57. The first-order valence-corrected chi connectivity index (χ1v) is 28.6. The Morgan fingerprint density at radius 1 is 0.341 bits per heavy atom. The average molecular weight is 1200 g/mol. The lowest BCUT2D eigenvalue weighted by Crippen LogP contribution is -2.64. The fraction of sp³-hybridized carbons (Fsp3) is 0.176. The molecule has 0 unspecified atom stereocenters. The lowest BCUT2D eigenvalue weighted by molar-refractivity contribution is -0.309. The van der Waals surface area contributed by atoms with Gasteiger partial charge < -0.3 is 51.8 Å². The van der Waals surface area contributed by atoms with Gasteiger partial charge in [0.1, 0.15) is 24.3 Å². The third-order valence-electron chi connectivity index (χ3n) is 14.0. The van der Waals surface area contributed by atoms with Crippen LogP contribution in [-0.2, 0) is 47.4 Å². The first kappa shape index (κ1) is 59.5. The van der Waals surface area contributed by atoms with Crippen molar-refractivity contribution in [2.24, 2.45) is 0 Å². The van der Waals surface area contributed by atoms with Crippen LogP contribution in [0.2, 0.25) is 0 Å². The largest absolute Gasteiger partial charge is 0.459 e. The SMILES string of the molecule is O=C(OC[C@H]1O[C@@H](OC[C@H]2O[C@@H](Sc3nc4ccccc4o3)[C@H](OC(=O)c3ccccc3)[C@@H](OC(=O)c3ccccc3)[C@@H]2OC(=O)c2ccccc2)[C@H](OC(=O)c2ccccc2)[C@@H](OC(=O)c2ccccc2)[C@@H]1OC(=O)c1ccccc1)c1ccccc1. The summed E-state index contributed by atoms with van der Waals surface area (Å²) in [6.45, 7) is -1.43. The number of rotatable bonds is 20. The lowest BCUT2D eigenvalue weighted by Gasteiger charge is -2.46. The minimum Gasteiger partial charge on any atom is -0.459 e. The van der Waals surface area contributed by atoms with Gasteiger partial charge in [0, 0.05) is 0 Å². The first-order chi connectivity index (χ1) is 43.0. The average Bonchev–Trinajstić information content (AvgIpc) is 1.33. The molecular weight excluding hydrogens is 1150 g/mol. The molecule has 0 aliphatic carbocycles. The van der Waals surface area contributed by atoms with Gasteiger partial charge in [-0.2, -0.15) is 0 Å². The molecule has 19 nitrogen and oxygen atoms in total. The molecule has 0 N–H and O–H groups in total. The van der Waals surface area contributed by atoms with Gasteiger partial charge in [-0.1, -0.05) is 140 Å². The fourth-order valence-corrected chi connectivity index (χ4v) is 10.7. The van der Waals surface area contributed by atoms with Gasteiger partial charge in [0.05, 0.1) is 45.6 Å². The summed E-state index contributed by atoms with van der Waals surface area (Å²) in [4.78, 5) is 105. The topological polar surface area (TPSA) is 238 Å². The molecule has 3 heterocycles. The van der Waals surface area contributed by atoms with Crippen molar-refractivity contribution in [2.45, 2.75) is 65.8 Å². The van der Waals surface area contributed by atoms with E-state index in [1.165, 1.54) is 84.9 Å². The van der Waals surface area contributed by atoms with Gasteiger partial charge in [-0.15, -0.1) is 0 Å². The molecule has 2 fully saturated rings. The molecular formula is C68H53NO18S. The summed E-state index contributed by atoms with van der Waals surface area (Å²) in [5, 5.41) is 0.0232. The van der Waals surface area contributed by atoms with E-state index in [1.54, 1.807) is 152 Å². The number of carbonyl (C=O) groups excluding carboxylic acids is 7. The van der Waals surface area contributed by atoms with Crippen LogP contribution in [0.5, 0.6) is 0 Å². The monoisotopic (exact) mass is 1200 g/mol. The number of thioether (sulfide) groups is 1. The van der Waals surface area contributed by atoms with Crippen LogP contribution in [0.15, 0.2) is 246 Å². The maximum atomic E-state index is 14.5. The summed E-state index contributed by atoms with van der Waals surface area (Å²) in [5.41, 5.74) is -0.0548. The number of nitrogens with zero attached hydrogens (tertiary/aromatic N) is 1. The Morgan fingerprint density at radius 2 is 0.659 bits per heavy atom. The van der Waals surface area contributed by atoms with E-state index >= 15 is 0 Å². The van der Waals surface area contributed by atoms with Crippen LogP contribution in [0.1, 0.15) is 72.5 Å². The Labute approximate surface area is 507 Å². The number of oxazole rings is 1. The number of benzene rings is 8. The van der Waals surface area contributed by atoms with Crippen molar-refractivity contribution >= 4 is 64.6 Å². The highest BCUT2D eigenvalue weighted by molar-refractivity contribution is 7.99. The van der Waals surface area contributed by atoms with Crippen molar-refractivity contribution in [3.8, 4) is 0 Å². The maximum absolute atomic E-state index is 14.5. The smallest absolute Gasteiger partial charge is 0.338 e. The molecule has 0 saturated carbocycles. The second kappa shape index (κ2) is 28.3. The third kappa shape index (κ3) is 14.5. The molecule has 444 valence electrons. The Morgan fingerprint density at radius 3 is 1.06 bits per heavy atom. The highest BCUT2D eigenvalue weighted by atomic mass is 32.2. The summed E-state index contributed by atoms with van der Waals surface area (Å²) in [5.74, 6) is -6.41. The van der Waals surface area contributed by atoms with Gasteiger partial charge in [-0.3, -0.25) is 0 Å². The molecule has 11 rings (SSSR count). The van der Waals surface area contributed by atoms with E-state index in [0.717, 1.165) is 11.8 Å². The van der Waals surface area contributed by atoms with Gasteiger partial charge in [0.25, 0.3) is 5.22 Å². The van der Waals surface area contributed by atoms with Crippen molar-refractivity contribution in [1.82, 2.24) is 4.98 Å². The molecule has 2 saturated heterocycles. The summed E-state index contributed by atoms with van der Waals surface area (Å²) in [6.07, 6.45) is -15.7. The molecule has 20 heteroatoms. The number of ether oxygens (including phenoxy) is 10. The summed E-state index contributed by atoms with van der Waals surface area (Å²) < 4.78 is 70.3. The summed E-state index contributed by atoms with van der Waals surface area (Å²) >= 11 is 0.849. The Kier molecular flexibility index (Phi) is 19.1. The number of para-hydroxylation sites is 2. The number of hydrogen-bond donors (Lipinski definition) is 0. The van der Waals surface area contributed by atoms with Crippen molar-refractivity contribution < 1.29 is 85.3 Å². The van der Waals surface area contributed by atoms with Gasteiger partial charge in [0.15, 0.2) is 53.9 Å². The second-order valence-electron chi connectivity index (χ2n) is 19.9. The van der Waals surface area contributed by atoms with E-state index < -0.39 is 116 Å². The lowest BCUT2D eigenvalue weighted by atomic mass is 9.97. The number of fused-ring (bicyclic) bond motifs is 1. The molecule has 0 bridgehead atoms. The molecule has 2 aliphatic heterocycles. The standard InChI is InChI=1S/C68H53NO18S/c70-59(42-24-8-1-9-25-42)77-40-51-53(82-60(71)43-26-10-2-11-27-43)55(84-62(73)45-30-14-4-15-31-45)57(86-64(75)47-34-18-6-19-35-47)66(79-51)78-41-52-54(83-61(72)44-28-12-3-13-29-44)56(85-63(74)46-32-16-5-17-33-46)58(87-65(76)48-36-20-7-21-37-48)67(80-52)88-68-69-49-38-22-23-39-50(49)81-68/h1-39,51-58,66-67H,40-41H2/t51-,52-,53-,54-,55+,56+,57-,58-,66-,67+/m1/s1. The predicted molar refractivity (Wildman–Crippen MR) is 314 cm³/mol. The second-order valence-corrected chi connectivity index (χ2v) is 20.9. The zero-order chi connectivity index (χ0) is 60.8. The molecule has 0 radical (unpaired) electrons. The van der Waals surface area contributed by atoms with Crippen LogP contribution in [-0.4, -0.2) is 121 Å². The maximum Gasteiger partial charge on any atom is 0.338 e. The summed E-state index contributed by atoms with van der Waals surface area (Å²) in [7, 11) is 0. The molecule has 10 atom stereocenters. The quantitative estimate of drug-likeness (QED) is 0.0509. The molecule has 1 aromatic heterocycles. The van der Waals surface area contributed by atoms with E-state index in [4.69, 9.17) is 51.8 Å². The summed E-state index contributed by atoms with van der Waals surface area (Å²) in [6, 6.07) is 62.2. The number of hydrogen-bond acceptors (Lipinski definition) is 20. The molecule has 9 aromatic rings. The Bertz CT molecular complexity index is 3810. The van der Waals surface area contributed by atoms with Crippen LogP contribution in [0.25, 0.3) is 11.1 Å². The number of carbonyl (C=O) groups is 7. The van der Waals surface area contributed by atoms with Crippen LogP contribution in [0.4, 0.5) is 0 Å². The van der Waals surface area contributed by atoms with Crippen LogP contribution < -0.4 is 0 Å². The van der Waals surface area contributed by atoms with Crippen molar-refractivity contribution in [3.63, 3.8) is 0 Å². The fourth-order valence-electron chi connectivity index (χ4n) is 9.66. The van der Waals surface area contributed by atoms with Crippen molar-refractivity contribution in [2.75, 3.05) is 13.2 Å². The minimum atomic E-state index is -1.90. The van der Waals surface area contributed by atoms with E-state index in [-0.39, 0.29) is 44.2 Å². The highest BCUT2D eigenvalue weighted by Crippen LogP contribution is 2.40. The molecule has 8 aromatic carbocycles. The van der Waals surface area contributed by atoms with Crippen molar-refractivity contribution in [1.29, 1.82) is 0 Å². The first-order valence-electron chi connectivity index (χ1n) is 27.8. The Balaban J connectivity index is 1.03. The third-order valence-corrected chi connectivity index (χ3v) is 15.0. The van der Waals surface area contributed by atoms with Gasteiger partial charge in [-0.25, -0.2) is 38.5 Å². The zero-order valence-corrected chi connectivity index (χ0v) is 47.2. The minimum absolute atomic E-state index is 0.0232. The Hall–Kier alpha value is -10.3. The zero-order valence-electron chi connectivity index (χ0n) is 46.4. The van der Waals surface area contributed by atoms with E-state index in [9.17, 15) is 33.6 Å². The molecule has 0 spiro atoms. The normalized spacial score (nSPS) is 21.4. The van der Waals surface area contributed by atoms with Crippen molar-refractivity contribution in [3.05, 3.63) is 276 Å². The van der Waals surface area contributed by atoms with Crippen LogP contribution >= 0.6 is 11.8 Å². The van der Waals surface area contributed by atoms with Gasteiger partial charge in [0.2, 0.25) is 0 Å². The van der Waals surface area contributed by atoms with E-state index in [0.29, 0.717) is 11.1 Å². The van der Waals surface area contributed by atoms with Crippen LogP contribution in [0, 0.1) is 0 Å². The van der Waals surface area contributed by atoms with Gasteiger partial charge >= 0.3 is 41.8 Å².